The summed E-state index contributed by atoms with van der Waals surface area (Å²) in [7, 11) is 0. The largest absolute Gasteiger partial charge is 0.358 e. The van der Waals surface area contributed by atoms with E-state index in [9.17, 15) is 0 Å². The highest BCUT2D eigenvalue weighted by Crippen LogP contribution is 2.41. The van der Waals surface area contributed by atoms with Gasteiger partial charge in [-0.3, -0.25) is 4.98 Å². The molecule has 0 spiro atoms. The highest BCUT2D eigenvalue weighted by molar-refractivity contribution is 7.08. The molecule has 1 aliphatic rings. The van der Waals surface area contributed by atoms with E-state index < -0.39 is 0 Å². The molecule has 1 fully saturated rings. The van der Waals surface area contributed by atoms with Crippen molar-refractivity contribution in [1.82, 2.24) is 15.3 Å². The molecular weight excluding hydrogens is 398 g/mol. The SMILES string of the molecule is CC(c1[nH]c2cc(Cl)ccc2c1-c1cncc(-c2ccsc2)c1)C1CCCNC1. The number of thiophene rings is 1. The van der Waals surface area contributed by atoms with Crippen LogP contribution in [-0.2, 0) is 0 Å². The lowest BCUT2D eigenvalue weighted by molar-refractivity contribution is 0.332. The Morgan fingerprint density at radius 1 is 1.14 bits per heavy atom. The van der Waals surface area contributed by atoms with Crippen molar-refractivity contribution in [3.8, 4) is 22.3 Å². The Morgan fingerprint density at radius 3 is 2.83 bits per heavy atom. The topological polar surface area (TPSA) is 40.7 Å². The summed E-state index contributed by atoms with van der Waals surface area (Å²) in [5.74, 6) is 1.05. The quantitative estimate of drug-likeness (QED) is 0.384. The van der Waals surface area contributed by atoms with Crippen LogP contribution in [0.15, 0.2) is 53.5 Å². The smallest absolute Gasteiger partial charge is 0.0477 e. The fourth-order valence-corrected chi connectivity index (χ4v) is 5.38. The van der Waals surface area contributed by atoms with Gasteiger partial charge in [0, 0.05) is 56.6 Å². The fraction of sp³-hybridized carbons (Fsp3) is 0.292. The first-order chi connectivity index (χ1) is 14.2. The van der Waals surface area contributed by atoms with Crippen LogP contribution in [-0.4, -0.2) is 23.1 Å². The van der Waals surface area contributed by atoms with Crippen molar-refractivity contribution >= 4 is 33.8 Å². The van der Waals surface area contributed by atoms with Gasteiger partial charge in [0.25, 0.3) is 0 Å². The summed E-state index contributed by atoms with van der Waals surface area (Å²) < 4.78 is 0. The second-order valence-corrected chi connectivity index (χ2v) is 9.19. The molecule has 0 amide bonds. The number of fused-ring (bicyclic) bond motifs is 1. The molecule has 1 aromatic carbocycles. The standard InChI is InChI=1S/C24H24ClN3S/c1-15(16-3-2-7-26-11-16)24-23(21-5-4-20(25)10-22(21)28-24)19-9-18(12-27-13-19)17-6-8-29-14-17/h4-6,8-10,12-16,26,28H,2-3,7,11H2,1H3. The van der Waals surface area contributed by atoms with Crippen LogP contribution in [0.2, 0.25) is 5.02 Å². The molecule has 1 saturated heterocycles. The van der Waals surface area contributed by atoms with Crippen molar-refractivity contribution in [2.24, 2.45) is 5.92 Å². The fourth-order valence-electron chi connectivity index (χ4n) is 4.55. The Kier molecular flexibility index (Phi) is 5.17. The summed E-state index contributed by atoms with van der Waals surface area (Å²) in [5, 5.41) is 9.82. The molecule has 4 aromatic rings. The van der Waals surface area contributed by atoms with Gasteiger partial charge in [-0.1, -0.05) is 24.6 Å². The Hall–Kier alpha value is -2.14. The number of rotatable bonds is 4. The van der Waals surface area contributed by atoms with Crippen molar-refractivity contribution in [1.29, 1.82) is 0 Å². The first-order valence-electron chi connectivity index (χ1n) is 10.2. The maximum atomic E-state index is 6.31. The van der Waals surface area contributed by atoms with Crippen molar-refractivity contribution in [3.05, 3.63) is 64.2 Å². The second-order valence-electron chi connectivity index (χ2n) is 7.97. The van der Waals surface area contributed by atoms with Crippen molar-refractivity contribution in [3.63, 3.8) is 0 Å². The number of benzene rings is 1. The number of aromatic amines is 1. The lowest BCUT2D eigenvalue weighted by Gasteiger charge is -2.28. The molecule has 148 valence electrons. The molecule has 4 heterocycles. The molecule has 5 heteroatoms. The van der Waals surface area contributed by atoms with Gasteiger partial charge in [-0.15, -0.1) is 0 Å². The first-order valence-corrected chi connectivity index (χ1v) is 11.5. The Bertz CT molecular complexity index is 1130. The zero-order chi connectivity index (χ0) is 19.8. The molecule has 2 atom stereocenters. The number of piperidine rings is 1. The summed E-state index contributed by atoms with van der Waals surface area (Å²) in [4.78, 5) is 8.30. The van der Waals surface area contributed by atoms with Crippen molar-refractivity contribution in [2.75, 3.05) is 13.1 Å². The van der Waals surface area contributed by atoms with Gasteiger partial charge in [0.2, 0.25) is 0 Å². The van der Waals surface area contributed by atoms with E-state index in [1.165, 1.54) is 35.0 Å². The summed E-state index contributed by atoms with van der Waals surface area (Å²) in [6.45, 7) is 4.55. The summed E-state index contributed by atoms with van der Waals surface area (Å²) in [5.41, 5.74) is 7.19. The number of hydrogen-bond donors (Lipinski definition) is 2. The van der Waals surface area contributed by atoms with Crippen LogP contribution in [0.25, 0.3) is 33.2 Å². The maximum absolute atomic E-state index is 6.31. The second kappa shape index (κ2) is 7.94. The maximum Gasteiger partial charge on any atom is 0.0477 e. The third-order valence-electron chi connectivity index (χ3n) is 6.17. The molecule has 3 aromatic heterocycles. The number of pyridine rings is 1. The van der Waals surface area contributed by atoms with E-state index >= 15 is 0 Å². The van der Waals surface area contributed by atoms with Gasteiger partial charge in [0.05, 0.1) is 0 Å². The number of halogens is 1. The number of aromatic nitrogens is 2. The lowest BCUT2D eigenvalue weighted by Crippen LogP contribution is -2.32. The van der Waals surface area contributed by atoms with E-state index in [2.05, 4.69) is 51.2 Å². The molecule has 29 heavy (non-hydrogen) atoms. The van der Waals surface area contributed by atoms with E-state index in [0.29, 0.717) is 11.8 Å². The minimum atomic E-state index is 0.425. The molecule has 0 saturated carbocycles. The zero-order valence-electron chi connectivity index (χ0n) is 16.4. The normalized spacial score (nSPS) is 18.2. The van der Waals surface area contributed by atoms with E-state index in [1.807, 2.05) is 24.5 Å². The van der Waals surface area contributed by atoms with E-state index in [4.69, 9.17) is 11.6 Å². The molecule has 3 nitrogen and oxygen atoms in total. The Balaban J connectivity index is 1.66. The molecule has 5 rings (SSSR count). The van der Waals surface area contributed by atoms with Crippen molar-refractivity contribution in [2.45, 2.75) is 25.7 Å². The van der Waals surface area contributed by atoms with Gasteiger partial charge >= 0.3 is 0 Å². The van der Waals surface area contributed by atoms with Crippen LogP contribution in [0, 0.1) is 5.92 Å². The summed E-state index contributed by atoms with van der Waals surface area (Å²) in [6, 6.07) is 10.6. The molecule has 0 bridgehead atoms. The predicted octanol–water partition coefficient (Wildman–Crippen LogP) is 6.71. The van der Waals surface area contributed by atoms with Gasteiger partial charge in [-0.2, -0.15) is 11.3 Å². The van der Waals surface area contributed by atoms with Crippen LogP contribution in [0.1, 0.15) is 31.4 Å². The number of nitrogens with one attached hydrogen (secondary N) is 2. The molecule has 0 aliphatic carbocycles. The summed E-state index contributed by atoms with van der Waals surface area (Å²) in [6.07, 6.45) is 6.44. The van der Waals surface area contributed by atoms with Gasteiger partial charge in [-0.25, -0.2) is 0 Å². The third kappa shape index (κ3) is 3.61. The monoisotopic (exact) mass is 421 g/mol. The van der Waals surface area contributed by atoms with Crippen LogP contribution < -0.4 is 5.32 Å². The van der Waals surface area contributed by atoms with E-state index in [-0.39, 0.29) is 0 Å². The molecule has 0 radical (unpaired) electrons. The van der Waals surface area contributed by atoms with Gasteiger partial charge < -0.3 is 10.3 Å². The third-order valence-corrected chi connectivity index (χ3v) is 7.09. The highest BCUT2D eigenvalue weighted by Gasteiger charge is 2.26. The van der Waals surface area contributed by atoms with Gasteiger partial charge in [-0.05, 0) is 72.4 Å². The molecule has 2 N–H and O–H groups in total. The Morgan fingerprint density at radius 2 is 2.03 bits per heavy atom. The van der Waals surface area contributed by atoms with Crippen LogP contribution in [0.3, 0.4) is 0 Å². The number of nitrogens with zero attached hydrogens (tertiary/aromatic N) is 1. The Labute approximate surface area is 180 Å². The van der Waals surface area contributed by atoms with Crippen LogP contribution in [0.4, 0.5) is 0 Å². The summed E-state index contributed by atoms with van der Waals surface area (Å²) >= 11 is 8.02. The molecule has 1 aliphatic heterocycles. The van der Waals surface area contributed by atoms with Gasteiger partial charge in [0.15, 0.2) is 0 Å². The predicted molar refractivity (Wildman–Crippen MR) is 124 cm³/mol. The van der Waals surface area contributed by atoms with Crippen LogP contribution >= 0.6 is 22.9 Å². The lowest BCUT2D eigenvalue weighted by atomic mass is 9.83. The van der Waals surface area contributed by atoms with E-state index in [0.717, 1.165) is 34.8 Å². The van der Waals surface area contributed by atoms with Crippen molar-refractivity contribution < 1.29 is 0 Å². The first kappa shape index (κ1) is 18.9. The number of H-pyrrole nitrogens is 1. The highest BCUT2D eigenvalue weighted by atomic mass is 35.5. The van der Waals surface area contributed by atoms with E-state index in [1.54, 1.807) is 11.3 Å². The molecular formula is C24H24ClN3S. The average molecular weight is 422 g/mol. The minimum absolute atomic E-state index is 0.425. The minimum Gasteiger partial charge on any atom is -0.358 e. The van der Waals surface area contributed by atoms with Crippen LogP contribution in [0.5, 0.6) is 0 Å². The number of hydrogen-bond acceptors (Lipinski definition) is 3. The average Bonchev–Trinajstić information content (AvgIpc) is 3.42. The molecule has 2 unspecified atom stereocenters. The van der Waals surface area contributed by atoms with Gasteiger partial charge in [0.1, 0.15) is 0 Å². The zero-order valence-corrected chi connectivity index (χ0v) is 18.0.